The number of piperazine rings is 1. The number of carbonyl (C=O) groups is 2. The average Bonchev–Trinajstić information content (AvgIpc) is 3.31. The SMILES string of the molecule is COC(=O)c1cc2c(s1)Sc1sccc1N2C(=O)CCN1CCN(C)CC1. The van der Waals surface area contributed by atoms with Gasteiger partial charge in [-0.25, -0.2) is 4.79 Å². The number of anilines is 2. The average molecular weight is 424 g/mol. The van der Waals surface area contributed by atoms with Crippen LogP contribution in [0.1, 0.15) is 16.1 Å². The van der Waals surface area contributed by atoms with Gasteiger partial charge < -0.3 is 14.5 Å². The predicted octanol–water partition coefficient (Wildman–Crippen LogP) is 3.36. The van der Waals surface area contributed by atoms with Gasteiger partial charge in [-0.05, 0) is 24.6 Å². The molecule has 1 fully saturated rings. The molecule has 2 aromatic rings. The third-order valence-electron chi connectivity index (χ3n) is 4.83. The van der Waals surface area contributed by atoms with Gasteiger partial charge in [-0.3, -0.25) is 9.69 Å². The lowest BCUT2D eigenvalue weighted by atomic mass is 10.2. The molecule has 9 heteroatoms. The molecule has 4 rings (SSSR count). The number of carbonyl (C=O) groups excluding carboxylic acids is 2. The molecule has 4 heterocycles. The molecule has 0 radical (unpaired) electrons. The molecule has 2 aromatic heterocycles. The Labute approximate surface area is 170 Å². The molecular formula is C18H21N3O3S3. The summed E-state index contributed by atoms with van der Waals surface area (Å²) < 4.78 is 6.92. The molecule has 6 nitrogen and oxygen atoms in total. The van der Waals surface area contributed by atoms with Crippen LogP contribution in [-0.4, -0.2) is 68.6 Å². The molecule has 27 heavy (non-hydrogen) atoms. The molecule has 2 aliphatic rings. The Morgan fingerprint density at radius 1 is 1.15 bits per heavy atom. The minimum atomic E-state index is -0.358. The summed E-state index contributed by atoms with van der Waals surface area (Å²) in [6, 6.07) is 3.77. The predicted molar refractivity (Wildman–Crippen MR) is 110 cm³/mol. The van der Waals surface area contributed by atoms with E-state index in [0.717, 1.165) is 52.5 Å². The Kier molecular flexibility index (Phi) is 5.56. The number of methoxy groups -OCH3 is 1. The maximum Gasteiger partial charge on any atom is 0.348 e. The van der Waals surface area contributed by atoms with Gasteiger partial charge in [-0.1, -0.05) is 11.8 Å². The monoisotopic (exact) mass is 423 g/mol. The highest BCUT2D eigenvalue weighted by molar-refractivity contribution is 8.03. The van der Waals surface area contributed by atoms with Gasteiger partial charge in [0.15, 0.2) is 0 Å². The van der Waals surface area contributed by atoms with E-state index in [1.165, 1.54) is 18.4 Å². The van der Waals surface area contributed by atoms with Gasteiger partial charge in [0.05, 0.1) is 26.9 Å². The lowest BCUT2D eigenvalue weighted by Gasteiger charge is -2.33. The molecule has 1 saturated heterocycles. The first kappa shape index (κ1) is 18.9. The van der Waals surface area contributed by atoms with E-state index in [-0.39, 0.29) is 11.9 Å². The molecule has 0 aromatic carbocycles. The second kappa shape index (κ2) is 7.92. The quantitative estimate of drug-likeness (QED) is 0.703. The second-order valence-corrected chi connectivity index (χ2v) is 10.1. The summed E-state index contributed by atoms with van der Waals surface area (Å²) in [7, 11) is 3.51. The normalized spacial score (nSPS) is 17.5. The number of amides is 1. The van der Waals surface area contributed by atoms with Gasteiger partial charge in [0, 0.05) is 39.1 Å². The summed E-state index contributed by atoms with van der Waals surface area (Å²) in [6.07, 6.45) is 0.465. The number of ether oxygens (including phenoxy) is 1. The van der Waals surface area contributed by atoms with E-state index < -0.39 is 0 Å². The molecule has 0 saturated carbocycles. The number of likely N-dealkylation sites (N-methyl/N-ethyl adjacent to an activating group) is 1. The smallest absolute Gasteiger partial charge is 0.348 e. The van der Waals surface area contributed by atoms with Crippen LogP contribution in [0, 0.1) is 0 Å². The summed E-state index contributed by atoms with van der Waals surface area (Å²) in [5.74, 6) is -0.285. The minimum absolute atomic E-state index is 0.0735. The van der Waals surface area contributed by atoms with Gasteiger partial charge in [0.2, 0.25) is 5.91 Å². The summed E-state index contributed by atoms with van der Waals surface area (Å²) in [5.41, 5.74) is 1.73. The first-order valence-corrected chi connectivity index (χ1v) is 11.3. The van der Waals surface area contributed by atoms with Crippen LogP contribution in [0.2, 0.25) is 0 Å². The highest BCUT2D eigenvalue weighted by Gasteiger charge is 2.32. The van der Waals surface area contributed by atoms with Crippen molar-refractivity contribution in [2.75, 3.05) is 51.8 Å². The molecule has 0 aliphatic carbocycles. The standard InChI is InChI=1S/C18H21N3O3S3/c1-19-6-8-20(9-7-19)5-3-15(22)21-12-4-10-25-17(12)27-18-13(21)11-14(26-18)16(23)24-2/h4,10-11H,3,5-9H2,1-2H3. The molecular weight excluding hydrogens is 402 g/mol. The van der Waals surface area contributed by atoms with Gasteiger partial charge in [-0.15, -0.1) is 22.7 Å². The van der Waals surface area contributed by atoms with Crippen molar-refractivity contribution < 1.29 is 14.3 Å². The molecule has 2 aliphatic heterocycles. The fourth-order valence-electron chi connectivity index (χ4n) is 3.25. The van der Waals surface area contributed by atoms with E-state index in [4.69, 9.17) is 4.74 Å². The van der Waals surface area contributed by atoms with Crippen LogP contribution in [0.15, 0.2) is 25.9 Å². The van der Waals surface area contributed by atoms with Crippen LogP contribution in [0.4, 0.5) is 11.4 Å². The van der Waals surface area contributed by atoms with Crippen molar-refractivity contribution in [2.24, 2.45) is 0 Å². The van der Waals surface area contributed by atoms with Crippen LogP contribution in [-0.2, 0) is 9.53 Å². The topological polar surface area (TPSA) is 53.1 Å². The van der Waals surface area contributed by atoms with E-state index in [0.29, 0.717) is 11.3 Å². The molecule has 0 unspecified atom stereocenters. The van der Waals surface area contributed by atoms with Gasteiger partial charge in [-0.2, -0.15) is 0 Å². The molecule has 0 bridgehead atoms. The largest absolute Gasteiger partial charge is 0.465 e. The number of hydrogen-bond donors (Lipinski definition) is 0. The van der Waals surface area contributed by atoms with Crippen LogP contribution in [0.3, 0.4) is 0 Å². The van der Waals surface area contributed by atoms with Gasteiger partial charge >= 0.3 is 5.97 Å². The summed E-state index contributed by atoms with van der Waals surface area (Å²) in [6.45, 7) is 4.85. The fraction of sp³-hybridized carbons (Fsp3) is 0.444. The fourth-order valence-corrected chi connectivity index (χ4v) is 6.78. The van der Waals surface area contributed by atoms with Crippen molar-refractivity contribution in [1.82, 2.24) is 9.80 Å². The van der Waals surface area contributed by atoms with Gasteiger partial charge in [0.1, 0.15) is 4.88 Å². The number of nitrogens with zero attached hydrogens (tertiary/aromatic N) is 3. The second-order valence-electron chi connectivity index (χ2n) is 6.59. The van der Waals surface area contributed by atoms with Crippen LogP contribution >= 0.6 is 34.4 Å². The molecule has 0 N–H and O–H groups in total. The summed E-state index contributed by atoms with van der Waals surface area (Å²) in [4.78, 5) is 32.1. The maximum atomic E-state index is 13.1. The Morgan fingerprint density at radius 3 is 2.67 bits per heavy atom. The van der Waals surface area contributed by atoms with E-state index in [2.05, 4.69) is 16.8 Å². The first-order valence-electron chi connectivity index (χ1n) is 8.78. The van der Waals surface area contributed by atoms with E-state index in [1.54, 1.807) is 34.1 Å². The third-order valence-corrected chi connectivity index (χ3v) is 8.25. The van der Waals surface area contributed by atoms with E-state index in [1.807, 2.05) is 11.4 Å². The number of esters is 1. The molecule has 144 valence electrons. The molecule has 1 amide bonds. The molecule has 0 spiro atoms. The molecule has 0 atom stereocenters. The first-order chi connectivity index (χ1) is 13.1. The van der Waals surface area contributed by atoms with Crippen molar-refractivity contribution in [3.8, 4) is 0 Å². The highest BCUT2D eigenvalue weighted by atomic mass is 32.2. The Hall–Kier alpha value is -1.39. The Bertz CT molecular complexity index is 855. The van der Waals surface area contributed by atoms with Crippen molar-refractivity contribution in [3.05, 3.63) is 22.4 Å². The number of thiophene rings is 2. The Morgan fingerprint density at radius 2 is 1.93 bits per heavy atom. The number of hydrogen-bond acceptors (Lipinski definition) is 8. The zero-order chi connectivity index (χ0) is 19.0. The van der Waals surface area contributed by atoms with Gasteiger partial charge in [0.25, 0.3) is 0 Å². The number of rotatable bonds is 4. The van der Waals surface area contributed by atoms with Crippen LogP contribution in [0.25, 0.3) is 0 Å². The summed E-state index contributed by atoms with van der Waals surface area (Å²) in [5, 5.41) is 2.01. The lowest BCUT2D eigenvalue weighted by molar-refractivity contribution is -0.118. The lowest BCUT2D eigenvalue weighted by Crippen LogP contribution is -2.45. The summed E-state index contributed by atoms with van der Waals surface area (Å²) >= 11 is 4.64. The van der Waals surface area contributed by atoms with Crippen LogP contribution in [0.5, 0.6) is 0 Å². The van der Waals surface area contributed by atoms with Crippen LogP contribution < -0.4 is 4.90 Å². The Balaban J connectivity index is 1.54. The van der Waals surface area contributed by atoms with Crippen molar-refractivity contribution in [3.63, 3.8) is 0 Å². The van der Waals surface area contributed by atoms with Crippen molar-refractivity contribution in [1.29, 1.82) is 0 Å². The zero-order valence-electron chi connectivity index (χ0n) is 15.3. The highest BCUT2D eigenvalue weighted by Crippen LogP contribution is 2.54. The maximum absolute atomic E-state index is 13.1. The minimum Gasteiger partial charge on any atom is -0.465 e. The van der Waals surface area contributed by atoms with E-state index >= 15 is 0 Å². The van der Waals surface area contributed by atoms with Crippen molar-refractivity contribution >= 4 is 57.7 Å². The zero-order valence-corrected chi connectivity index (χ0v) is 17.7. The number of fused-ring (bicyclic) bond motifs is 2. The van der Waals surface area contributed by atoms with Crippen molar-refractivity contribution in [2.45, 2.75) is 14.8 Å². The van der Waals surface area contributed by atoms with E-state index in [9.17, 15) is 9.59 Å². The third kappa shape index (κ3) is 3.79.